The van der Waals surface area contributed by atoms with Crippen LogP contribution in [0, 0.1) is 17.3 Å². The van der Waals surface area contributed by atoms with Gasteiger partial charge in [-0.05, 0) is 44.8 Å². The predicted octanol–water partition coefficient (Wildman–Crippen LogP) is 4.32. The Morgan fingerprint density at radius 3 is 2.59 bits per heavy atom. The smallest absolute Gasteiger partial charge is 0.337 e. The van der Waals surface area contributed by atoms with Crippen molar-refractivity contribution in [2.75, 3.05) is 7.11 Å². The number of methoxy groups -OCH3 is 1. The Labute approximate surface area is 135 Å². The summed E-state index contributed by atoms with van der Waals surface area (Å²) in [6, 6.07) is 0. The lowest BCUT2D eigenvalue weighted by atomic mass is 9.50. The van der Waals surface area contributed by atoms with Gasteiger partial charge in [0, 0.05) is 11.3 Å². The van der Waals surface area contributed by atoms with Gasteiger partial charge in [-0.3, -0.25) is 0 Å². The lowest BCUT2D eigenvalue weighted by molar-refractivity contribution is -0.193. The molecule has 1 saturated carbocycles. The van der Waals surface area contributed by atoms with Crippen LogP contribution in [0.5, 0.6) is 0 Å². The maximum absolute atomic E-state index is 13.0. The minimum atomic E-state index is -1.94. The highest BCUT2D eigenvalue weighted by molar-refractivity contribution is 6.70. The molecular weight excluding hydrogens is 292 g/mol. The van der Waals surface area contributed by atoms with Crippen LogP contribution in [0.3, 0.4) is 0 Å². The third-order valence-electron chi connectivity index (χ3n) is 5.35. The summed E-state index contributed by atoms with van der Waals surface area (Å²) < 4.78 is 11.9. The second-order valence-corrected chi connectivity index (χ2v) is 12.5. The predicted molar refractivity (Wildman–Crippen MR) is 92.1 cm³/mol. The van der Waals surface area contributed by atoms with E-state index < -0.39 is 13.9 Å². The van der Waals surface area contributed by atoms with Crippen LogP contribution in [0.2, 0.25) is 19.6 Å². The number of ether oxygens (including phenoxy) is 1. The van der Waals surface area contributed by atoms with Crippen molar-refractivity contribution in [3.05, 3.63) is 24.3 Å². The summed E-state index contributed by atoms with van der Waals surface area (Å²) in [7, 11) is -0.461. The second kappa shape index (κ2) is 5.64. The molecule has 0 unspecified atom stereocenters. The van der Waals surface area contributed by atoms with Crippen molar-refractivity contribution in [2.24, 2.45) is 17.3 Å². The van der Waals surface area contributed by atoms with E-state index in [0.29, 0.717) is 0 Å². The Morgan fingerprint density at radius 1 is 1.41 bits per heavy atom. The topological polar surface area (TPSA) is 35.5 Å². The molecule has 0 aliphatic heterocycles. The molecule has 0 spiro atoms. The molecule has 0 bridgehead atoms. The summed E-state index contributed by atoms with van der Waals surface area (Å²) in [6.07, 6.45) is 7.15. The molecule has 0 radical (unpaired) electrons. The van der Waals surface area contributed by atoms with E-state index >= 15 is 0 Å². The Balaban J connectivity index is 2.64. The van der Waals surface area contributed by atoms with E-state index in [1.807, 2.05) is 0 Å². The molecule has 3 nitrogen and oxygen atoms in total. The zero-order valence-electron chi connectivity index (χ0n) is 14.9. The Hall–Kier alpha value is -0.873. The molecule has 0 aromatic heterocycles. The molecule has 4 heteroatoms. The number of allylic oxidation sites excluding steroid dienone is 3. The van der Waals surface area contributed by atoms with Gasteiger partial charge in [-0.1, -0.05) is 38.2 Å². The zero-order chi connectivity index (χ0) is 16.8. The van der Waals surface area contributed by atoms with Gasteiger partial charge in [0.2, 0.25) is 0 Å². The molecule has 2 aliphatic rings. The van der Waals surface area contributed by atoms with Crippen LogP contribution in [-0.4, -0.2) is 27.0 Å². The van der Waals surface area contributed by atoms with E-state index in [0.717, 1.165) is 19.3 Å². The zero-order valence-corrected chi connectivity index (χ0v) is 15.9. The molecule has 0 aromatic rings. The molecule has 2 aliphatic carbocycles. The molecular formula is C18H30O3Si. The van der Waals surface area contributed by atoms with Crippen LogP contribution in [0.25, 0.3) is 0 Å². The van der Waals surface area contributed by atoms with Crippen molar-refractivity contribution in [3.8, 4) is 0 Å². The maximum Gasteiger partial charge on any atom is 0.337 e. The molecule has 0 saturated heterocycles. The first-order valence-electron chi connectivity index (χ1n) is 8.21. The maximum atomic E-state index is 13.0. The standard InChI is InChI=1S/C18H30O3Si/c1-13-12-14(2)18(16(19)20-4,21-22(5,6)7)17(3)11-9-8-10-15(13)17/h8,10,14-15H,1,9,11-12H2,2-7H3/t14-,15+,17+,18+/m1/s1. The number of fused-ring (bicyclic) bond motifs is 1. The largest absolute Gasteiger partial charge is 0.467 e. The molecule has 2 rings (SSSR count). The fraction of sp³-hybridized carbons (Fsp3) is 0.722. The van der Waals surface area contributed by atoms with Crippen molar-refractivity contribution in [1.82, 2.24) is 0 Å². The van der Waals surface area contributed by atoms with Gasteiger partial charge in [-0.15, -0.1) is 0 Å². The lowest BCUT2D eigenvalue weighted by Crippen LogP contribution is -2.67. The Bertz CT molecular complexity index is 505. The summed E-state index contributed by atoms with van der Waals surface area (Å²) >= 11 is 0. The van der Waals surface area contributed by atoms with Gasteiger partial charge < -0.3 is 9.16 Å². The van der Waals surface area contributed by atoms with E-state index in [2.05, 4.69) is 52.2 Å². The normalized spacial score (nSPS) is 38.5. The summed E-state index contributed by atoms with van der Waals surface area (Å²) in [5.74, 6) is 0.0533. The quantitative estimate of drug-likeness (QED) is 0.441. The highest BCUT2D eigenvalue weighted by Crippen LogP contribution is 2.59. The monoisotopic (exact) mass is 322 g/mol. The van der Waals surface area contributed by atoms with Crippen molar-refractivity contribution in [2.45, 2.75) is 58.4 Å². The minimum Gasteiger partial charge on any atom is -0.467 e. The number of rotatable bonds is 3. The van der Waals surface area contributed by atoms with Crippen LogP contribution >= 0.6 is 0 Å². The molecule has 4 atom stereocenters. The lowest BCUT2D eigenvalue weighted by Gasteiger charge is -2.59. The van der Waals surface area contributed by atoms with Gasteiger partial charge in [-0.2, -0.15) is 0 Å². The molecule has 1 fully saturated rings. The Kier molecular flexibility index (Phi) is 4.48. The number of carbonyl (C=O) groups is 1. The third kappa shape index (κ3) is 2.50. The third-order valence-corrected chi connectivity index (χ3v) is 6.29. The summed E-state index contributed by atoms with van der Waals surface area (Å²) in [5.41, 5.74) is 0.0526. The van der Waals surface area contributed by atoms with Crippen LogP contribution < -0.4 is 0 Å². The van der Waals surface area contributed by atoms with E-state index in [-0.39, 0.29) is 23.2 Å². The van der Waals surface area contributed by atoms with Gasteiger partial charge >= 0.3 is 5.97 Å². The van der Waals surface area contributed by atoms with Gasteiger partial charge in [0.15, 0.2) is 13.9 Å². The number of hydrogen-bond donors (Lipinski definition) is 0. The van der Waals surface area contributed by atoms with E-state index in [1.54, 1.807) is 0 Å². The summed E-state index contributed by atoms with van der Waals surface area (Å²) in [4.78, 5) is 13.0. The van der Waals surface area contributed by atoms with E-state index in [9.17, 15) is 4.79 Å². The second-order valence-electron chi connectivity index (χ2n) is 8.07. The summed E-state index contributed by atoms with van der Waals surface area (Å²) in [6.45, 7) is 15.0. The van der Waals surface area contributed by atoms with Crippen molar-refractivity contribution in [3.63, 3.8) is 0 Å². The molecule has 0 N–H and O–H groups in total. The minimum absolute atomic E-state index is 0.0759. The van der Waals surface area contributed by atoms with Gasteiger partial charge in [0.25, 0.3) is 0 Å². The molecule has 0 aromatic carbocycles. The van der Waals surface area contributed by atoms with Crippen LogP contribution in [0.1, 0.15) is 33.1 Å². The van der Waals surface area contributed by atoms with Crippen LogP contribution in [0.4, 0.5) is 0 Å². The van der Waals surface area contributed by atoms with Gasteiger partial charge in [0.05, 0.1) is 7.11 Å². The highest BCUT2D eigenvalue weighted by atomic mass is 28.4. The SMILES string of the molecule is C=C1C[C@@H](C)[C@](O[Si](C)(C)C)(C(=O)OC)[C@@]2(C)CCC=C[C@@H]12. The van der Waals surface area contributed by atoms with Gasteiger partial charge in [-0.25, -0.2) is 4.79 Å². The van der Waals surface area contributed by atoms with Gasteiger partial charge in [0.1, 0.15) is 0 Å². The fourth-order valence-corrected chi connectivity index (χ4v) is 6.02. The van der Waals surface area contributed by atoms with Crippen LogP contribution in [0.15, 0.2) is 24.3 Å². The first-order chi connectivity index (χ1) is 10.1. The van der Waals surface area contributed by atoms with Crippen LogP contribution in [-0.2, 0) is 14.0 Å². The molecule has 124 valence electrons. The Morgan fingerprint density at radius 2 is 2.05 bits per heavy atom. The number of hydrogen-bond acceptors (Lipinski definition) is 3. The van der Waals surface area contributed by atoms with E-state index in [1.165, 1.54) is 12.7 Å². The van der Waals surface area contributed by atoms with E-state index in [4.69, 9.17) is 9.16 Å². The molecule has 0 amide bonds. The molecule has 0 heterocycles. The number of carbonyl (C=O) groups excluding carboxylic acids is 1. The first-order valence-corrected chi connectivity index (χ1v) is 11.6. The average Bonchev–Trinajstić information content (AvgIpc) is 2.41. The fourth-order valence-electron chi connectivity index (χ4n) is 4.54. The number of esters is 1. The highest BCUT2D eigenvalue weighted by Gasteiger charge is 2.65. The van der Waals surface area contributed by atoms with Crippen molar-refractivity contribution >= 4 is 14.3 Å². The average molecular weight is 323 g/mol. The van der Waals surface area contributed by atoms with Crippen molar-refractivity contribution in [1.29, 1.82) is 0 Å². The molecule has 22 heavy (non-hydrogen) atoms. The first kappa shape index (κ1) is 17.5. The van der Waals surface area contributed by atoms with Crippen molar-refractivity contribution < 1.29 is 14.0 Å². The summed E-state index contributed by atoms with van der Waals surface area (Å²) in [5, 5.41) is 0.